The third-order valence-corrected chi connectivity index (χ3v) is 6.40. The monoisotopic (exact) mass is 310 g/mol. The van der Waals surface area contributed by atoms with E-state index >= 15 is 0 Å². The highest BCUT2D eigenvalue weighted by atomic mass is 32.2. The minimum atomic E-state index is -3.49. The highest BCUT2D eigenvalue weighted by molar-refractivity contribution is 7.89. The third-order valence-electron chi connectivity index (χ3n) is 4.67. The largest absolute Gasteiger partial charge is 0.398 e. The van der Waals surface area contributed by atoms with Gasteiger partial charge in [-0.15, -0.1) is 0 Å². The van der Waals surface area contributed by atoms with E-state index in [-0.39, 0.29) is 0 Å². The fourth-order valence-corrected chi connectivity index (χ4v) is 4.83. The zero-order valence-corrected chi connectivity index (χ0v) is 14.0. The molecule has 1 saturated carbocycles. The predicted molar refractivity (Wildman–Crippen MR) is 86.8 cm³/mol. The average molecular weight is 310 g/mol. The van der Waals surface area contributed by atoms with Gasteiger partial charge in [0.25, 0.3) is 0 Å². The maximum absolute atomic E-state index is 12.6. The second-order valence-corrected chi connectivity index (χ2v) is 7.90. The highest BCUT2D eigenvalue weighted by Crippen LogP contribution is 2.29. The van der Waals surface area contributed by atoms with Gasteiger partial charge in [0.15, 0.2) is 0 Å². The van der Waals surface area contributed by atoms with Crippen LogP contribution >= 0.6 is 0 Å². The Bertz CT molecular complexity index is 591. The van der Waals surface area contributed by atoms with Crippen LogP contribution in [0.5, 0.6) is 0 Å². The van der Waals surface area contributed by atoms with Crippen molar-refractivity contribution in [2.75, 3.05) is 12.3 Å². The van der Waals surface area contributed by atoms with E-state index in [4.69, 9.17) is 5.73 Å². The summed E-state index contributed by atoms with van der Waals surface area (Å²) in [5.74, 6) is 0.678. The van der Waals surface area contributed by atoms with Crippen LogP contribution in [-0.2, 0) is 10.0 Å². The van der Waals surface area contributed by atoms with Crippen LogP contribution in [-0.4, -0.2) is 15.0 Å². The van der Waals surface area contributed by atoms with Gasteiger partial charge in [-0.25, -0.2) is 13.1 Å². The first-order chi connectivity index (χ1) is 9.83. The van der Waals surface area contributed by atoms with Crippen molar-refractivity contribution in [2.45, 2.75) is 57.8 Å². The third kappa shape index (κ3) is 3.58. The number of rotatable bonds is 5. The van der Waals surface area contributed by atoms with Crippen molar-refractivity contribution in [1.82, 2.24) is 4.72 Å². The molecular formula is C16H26N2O2S. The Labute approximate surface area is 128 Å². The van der Waals surface area contributed by atoms with E-state index in [1.807, 2.05) is 19.9 Å². The van der Waals surface area contributed by atoms with Gasteiger partial charge in [0.1, 0.15) is 0 Å². The van der Waals surface area contributed by atoms with Gasteiger partial charge in [0.2, 0.25) is 10.0 Å². The summed E-state index contributed by atoms with van der Waals surface area (Å²) < 4.78 is 27.9. The van der Waals surface area contributed by atoms with Crippen LogP contribution in [0.1, 0.15) is 48.8 Å². The maximum Gasteiger partial charge on any atom is 0.241 e. The van der Waals surface area contributed by atoms with E-state index in [0.717, 1.165) is 17.5 Å². The van der Waals surface area contributed by atoms with Crippen molar-refractivity contribution >= 4 is 15.7 Å². The second-order valence-electron chi connectivity index (χ2n) is 6.20. The molecule has 0 bridgehead atoms. The molecule has 1 aromatic carbocycles. The highest BCUT2D eigenvalue weighted by Gasteiger charge is 2.23. The summed E-state index contributed by atoms with van der Waals surface area (Å²) in [4.78, 5) is 0.353. The standard InChI is InChI=1S/C16H26N2O2S/c1-11-10-15(17)13(3)16(12(11)2)21(19,20)18-9-8-14-6-4-5-7-14/h10,14,18H,4-9,17H2,1-3H3. The SMILES string of the molecule is Cc1cc(N)c(C)c(S(=O)(=O)NCCC2CCCC2)c1C. The molecule has 4 nitrogen and oxygen atoms in total. The maximum atomic E-state index is 12.6. The fraction of sp³-hybridized carbons (Fsp3) is 0.625. The lowest BCUT2D eigenvalue weighted by molar-refractivity contribution is 0.495. The molecule has 0 radical (unpaired) electrons. The van der Waals surface area contributed by atoms with Gasteiger partial charge in [0.05, 0.1) is 4.90 Å². The molecule has 0 saturated heterocycles. The molecule has 21 heavy (non-hydrogen) atoms. The number of nitrogens with one attached hydrogen (secondary N) is 1. The molecule has 0 aliphatic heterocycles. The van der Waals surface area contributed by atoms with Crippen LogP contribution in [0, 0.1) is 26.7 Å². The van der Waals surface area contributed by atoms with Crippen molar-refractivity contribution in [1.29, 1.82) is 0 Å². The van der Waals surface area contributed by atoms with Gasteiger partial charge in [-0.2, -0.15) is 0 Å². The quantitative estimate of drug-likeness (QED) is 0.821. The first-order valence-electron chi connectivity index (χ1n) is 7.69. The Hall–Kier alpha value is -1.07. The molecule has 2 rings (SSSR count). The molecule has 5 heteroatoms. The molecule has 118 valence electrons. The molecular weight excluding hydrogens is 284 g/mol. The van der Waals surface area contributed by atoms with Gasteiger partial charge in [0, 0.05) is 12.2 Å². The molecule has 1 aromatic rings. The molecule has 1 aliphatic rings. The van der Waals surface area contributed by atoms with E-state index < -0.39 is 10.0 Å². The van der Waals surface area contributed by atoms with Crippen molar-refractivity contribution < 1.29 is 8.42 Å². The van der Waals surface area contributed by atoms with Gasteiger partial charge in [-0.1, -0.05) is 25.7 Å². The van der Waals surface area contributed by atoms with E-state index in [2.05, 4.69) is 4.72 Å². The van der Waals surface area contributed by atoms with E-state index in [0.29, 0.717) is 28.6 Å². The molecule has 0 atom stereocenters. The lowest BCUT2D eigenvalue weighted by Crippen LogP contribution is -2.27. The number of nitrogens with two attached hydrogens (primary N) is 1. The summed E-state index contributed by atoms with van der Waals surface area (Å²) in [6.07, 6.45) is 5.96. The lowest BCUT2D eigenvalue weighted by atomic mass is 10.1. The number of anilines is 1. The number of aryl methyl sites for hydroxylation is 1. The summed E-state index contributed by atoms with van der Waals surface area (Å²) in [6.45, 7) is 6.02. The van der Waals surface area contributed by atoms with Crippen LogP contribution in [0.25, 0.3) is 0 Å². The summed E-state index contributed by atoms with van der Waals surface area (Å²) in [5.41, 5.74) is 8.80. The van der Waals surface area contributed by atoms with E-state index in [9.17, 15) is 8.42 Å². The topological polar surface area (TPSA) is 72.2 Å². The molecule has 0 spiro atoms. The number of sulfonamides is 1. The second kappa shape index (κ2) is 6.36. The first-order valence-corrected chi connectivity index (χ1v) is 9.17. The summed E-state index contributed by atoms with van der Waals surface area (Å²) in [7, 11) is -3.49. The van der Waals surface area contributed by atoms with Gasteiger partial charge in [-0.05, 0) is 55.9 Å². The van der Waals surface area contributed by atoms with Crippen LogP contribution in [0.2, 0.25) is 0 Å². The zero-order chi connectivity index (χ0) is 15.6. The minimum absolute atomic E-state index is 0.353. The first kappa shape index (κ1) is 16.3. The molecule has 3 N–H and O–H groups in total. The smallest absolute Gasteiger partial charge is 0.241 e. The molecule has 1 fully saturated rings. The zero-order valence-electron chi connectivity index (χ0n) is 13.2. The average Bonchev–Trinajstić information content (AvgIpc) is 2.89. The summed E-state index contributed by atoms with van der Waals surface area (Å²) >= 11 is 0. The predicted octanol–water partition coefficient (Wildman–Crippen LogP) is 3.05. The number of nitrogen functional groups attached to an aromatic ring is 1. The molecule has 0 heterocycles. The molecule has 1 aliphatic carbocycles. The molecule has 0 amide bonds. The lowest BCUT2D eigenvalue weighted by Gasteiger charge is -2.16. The Kier molecular flexibility index (Phi) is 4.94. The number of hydrogen-bond acceptors (Lipinski definition) is 3. The Morgan fingerprint density at radius 3 is 2.43 bits per heavy atom. The molecule has 0 unspecified atom stereocenters. The van der Waals surface area contributed by atoms with Crippen LogP contribution in [0.3, 0.4) is 0 Å². The van der Waals surface area contributed by atoms with Gasteiger partial charge < -0.3 is 5.73 Å². The van der Waals surface area contributed by atoms with Crippen LogP contribution < -0.4 is 10.5 Å². The molecule has 0 aromatic heterocycles. The van der Waals surface area contributed by atoms with Crippen molar-refractivity contribution in [2.24, 2.45) is 5.92 Å². The normalized spacial score (nSPS) is 16.5. The number of hydrogen-bond donors (Lipinski definition) is 2. The minimum Gasteiger partial charge on any atom is -0.398 e. The van der Waals surface area contributed by atoms with Crippen molar-refractivity contribution in [3.05, 3.63) is 22.8 Å². The van der Waals surface area contributed by atoms with E-state index in [1.165, 1.54) is 25.7 Å². The van der Waals surface area contributed by atoms with Crippen molar-refractivity contribution in [3.63, 3.8) is 0 Å². The van der Waals surface area contributed by atoms with Gasteiger partial charge in [-0.3, -0.25) is 0 Å². The van der Waals surface area contributed by atoms with Crippen LogP contribution in [0.4, 0.5) is 5.69 Å². The Morgan fingerprint density at radius 2 is 1.81 bits per heavy atom. The fourth-order valence-electron chi connectivity index (χ4n) is 3.21. The summed E-state index contributed by atoms with van der Waals surface area (Å²) in [5, 5.41) is 0. The van der Waals surface area contributed by atoms with Gasteiger partial charge >= 0.3 is 0 Å². The Balaban J connectivity index is 2.15. The van der Waals surface area contributed by atoms with Crippen molar-refractivity contribution in [3.8, 4) is 0 Å². The van der Waals surface area contributed by atoms with E-state index in [1.54, 1.807) is 6.92 Å². The van der Waals surface area contributed by atoms with Crippen LogP contribution in [0.15, 0.2) is 11.0 Å². The number of benzene rings is 1. The Morgan fingerprint density at radius 1 is 1.19 bits per heavy atom. The summed E-state index contributed by atoms with van der Waals surface area (Å²) in [6, 6.07) is 1.84.